The molecule has 0 radical (unpaired) electrons. The lowest BCUT2D eigenvalue weighted by atomic mass is 10.0. The van der Waals surface area contributed by atoms with Gasteiger partial charge in [0.05, 0.1) is 7.11 Å². The van der Waals surface area contributed by atoms with E-state index in [1.54, 1.807) is 12.1 Å². The van der Waals surface area contributed by atoms with E-state index >= 15 is 0 Å². The first kappa shape index (κ1) is 16.9. The number of phenolic OH excluding ortho intramolecular Hbond substituents is 1. The summed E-state index contributed by atoms with van der Waals surface area (Å²) in [6, 6.07) is 13.3. The van der Waals surface area contributed by atoms with E-state index in [2.05, 4.69) is 48.2 Å². The van der Waals surface area contributed by atoms with E-state index in [0.29, 0.717) is 12.5 Å². The number of hydrogen-bond donors (Lipinski definition) is 2. The monoisotopic (exact) mass is 313 g/mol. The fourth-order valence-electron chi connectivity index (χ4n) is 2.39. The molecule has 0 unspecified atom stereocenters. The van der Waals surface area contributed by atoms with Crippen LogP contribution in [-0.4, -0.2) is 18.2 Å². The summed E-state index contributed by atoms with van der Waals surface area (Å²) < 4.78 is 4.65. The van der Waals surface area contributed by atoms with Gasteiger partial charge in [0.2, 0.25) is 0 Å². The van der Waals surface area contributed by atoms with Crippen LogP contribution in [0.1, 0.15) is 35.3 Å². The molecule has 0 saturated heterocycles. The Hall–Kier alpha value is -2.49. The van der Waals surface area contributed by atoms with Crippen LogP contribution < -0.4 is 5.32 Å². The molecule has 2 rings (SSSR count). The van der Waals surface area contributed by atoms with Crippen LogP contribution in [0.5, 0.6) is 5.75 Å². The van der Waals surface area contributed by atoms with Gasteiger partial charge in [0.1, 0.15) is 11.3 Å². The Balaban J connectivity index is 2.02. The SMILES string of the molecule is COC(=O)c1cc(NCc2ccc(CC(C)C)cc2)ccc1O. The van der Waals surface area contributed by atoms with Crippen LogP contribution in [0.4, 0.5) is 5.69 Å². The number of rotatable bonds is 6. The molecule has 0 atom stereocenters. The first-order chi connectivity index (χ1) is 11.0. The average molecular weight is 313 g/mol. The van der Waals surface area contributed by atoms with Gasteiger partial charge in [0.15, 0.2) is 0 Å². The Kier molecular flexibility index (Phi) is 5.63. The molecule has 2 N–H and O–H groups in total. The van der Waals surface area contributed by atoms with E-state index in [4.69, 9.17) is 0 Å². The molecule has 0 aliphatic carbocycles. The van der Waals surface area contributed by atoms with E-state index in [-0.39, 0.29) is 11.3 Å². The summed E-state index contributed by atoms with van der Waals surface area (Å²) in [5.74, 6) is 0.0114. The molecule has 0 aliphatic heterocycles. The van der Waals surface area contributed by atoms with Crippen molar-refractivity contribution in [1.82, 2.24) is 0 Å². The van der Waals surface area contributed by atoms with E-state index in [1.165, 1.54) is 18.7 Å². The van der Waals surface area contributed by atoms with Gasteiger partial charge in [-0.2, -0.15) is 0 Å². The summed E-state index contributed by atoms with van der Waals surface area (Å²) >= 11 is 0. The van der Waals surface area contributed by atoms with Gasteiger partial charge in [0, 0.05) is 12.2 Å². The van der Waals surface area contributed by atoms with Gasteiger partial charge in [-0.3, -0.25) is 0 Å². The minimum absolute atomic E-state index is 0.0829. The Morgan fingerprint density at radius 3 is 2.39 bits per heavy atom. The summed E-state index contributed by atoms with van der Waals surface area (Å²) in [5, 5.41) is 12.9. The third-order valence-corrected chi connectivity index (χ3v) is 3.57. The van der Waals surface area contributed by atoms with Crippen molar-refractivity contribution in [3.8, 4) is 5.75 Å². The molecule has 0 fully saturated rings. The predicted octanol–water partition coefficient (Wildman–Crippen LogP) is 3.99. The largest absolute Gasteiger partial charge is 0.507 e. The molecule has 2 aromatic rings. The Labute approximate surface area is 137 Å². The zero-order valence-electron chi connectivity index (χ0n) is 13.8. The number of benzene rings is 2. The van der Waals surface area contributed by atoms with E-state index in [1.807, 2.05) is 0 Å². The Bertz CT molecular complexity index is 663. The first-order valence-electron chi connectivity index (χ1n) is 7.72. The molecule has 0 saturated carbocycles. The second-order valence-corrected chi connectivity index (χ2v) is 5.99. The lowest BCUT2D eigenvalue weighted by molar-refractivity contribution is 0.0597. The van der Waals surface area contributed by atoms with Gasteiger partial charge in [-0.1, -0.05) is 38.1 Å². The summed E-state index contributed by atoms with van der Waals surface area (Å²) in [6.07, 6.45) is 1.08. The summed E-state index contributed by atoms with van der Waals surface area (Å²) in [6.45, 7) is 5.06. The van der Waals surface area contributed by atoms with Crippen molar-refractivity contribution < 1.29 is 14.6 Å². The standard InChI is InChI=1S/C19H23NO3/c1-13(2)10-14-4-6-15(7-5-14)12-20-16-8-9-18(21)17(11-16)19(22)23-3/h4-9,11,13,20-21H,10,12H2,1-3H3. The molecule has 0 aliphatic rings. The molecule has 0 bridgehead atoms. The third-order valence-electron chi connectivity index (χ3n) is 3.57. The molecule has 0 amide bonds. The third kappa shape index (κ3) is 4.74. The Morgan fingerprint density at radius 1 is 1.13 bits per heavy atom. The van der Waals surface area contributed by atoms with Gasteiger partial charge in [0.25, 0.3) is 0 Å². The van der Waals surface area contributed by atoms with Crippen LogP contribution in [0.15, 0.2) is 42.5 Å². The molecule has 0 spiro atoms. The predicted molar refractivity (Wildman–Crippen MR) is 91.8 cm³/mol. The minimum Gasteiger partial charge on any atom is -0.507 e. The van der Waals surface area contributed by atoms with Crippen LogP contribution >= 0.6 is 0 Å². The second-order valence-electron chi connectivity index (χ2n) is 5.99. The molecule has 2 aromatic carbocycles. The summed E-state index contributed by atoms with van der Waals surface area (Å²) in [7, 11) is 1.29. The molecule has 122 valence electrons. The number of carbonyl (C=O) groups is 1. The highest BCUT2D eigenvalue weighted by molar-refractivity contribution is 5.93. The van der Waals surface area contributed by atoms with Crippen molar-refractivity contribution in [2.75, 3.05) is 12.4 Å². The van der Waals surface area contributed by atoms with E-state index < -0.39 is 5.97 Å². The molecule has 0 aromatic heterocycles. The number of anilines is 1. The van der Waals surface area contributed by atoms with Crippen molar-refractivity contribution in [1.29, 1.82) is 0 Å². The fraction of sp³-hybridized carbons (Fsp3) is 0.316. The summed E-state index contributed by atoms with van der Waals surface area (Å²) in [4.78, 5) is 11.6. The van der Waals surface area contributed by atoms with Crippen molar-refractivity contribution in [2.24, 2.45) is 5.92 Å². The normalized spacial score (nSPS) is 10.6. The number of hydrogen-bond acceptors (Lipinski definition) is 4. The van der Waals surface area contributed by atoms with Crippen LogP contribution in [-0.2, 0) is 17.7 Å². The summed E-state index contributed by atoms with van der Waals surface area (Å²) in [5.41, 5.74) is 3.41. The highest BCUT2D eigenvalue weighted by Gasteiger charge is 2.12. The van der Waals surface area contributed by atoms with E-state index in [0.717, 1.165) is 17.7 Å². The van der Waals surface area contributed by atoms with Gasteiger partial charge >= 0.3 is 5.97 Å². The zero-order valence-corrected chi connectivity index (χ0v) is 13.8. The van der Waals surface area contributed by atoms with Gasteiger partial charge in [-0.25, -0.2) is 4.79 Å². The molecule has 23 heavy (non-hydrogen) atoms. The maximum atomic E-state index is 11.6. The smallest absolute Gasteiger partial charge is 0.341 e. The molecular formula is C19H23NO3. The van der Waals surface area contributed by atoms with Crippen LogP contribution in [0.2, 0.25) is 0 Å². The minimum atomic E-state index is -0.552. The fourth-order valence-corrected chi connectivity index (χ4v) is 2.39. The van der Waals surface area contributed by atoms with E-state index in [9.17, 15) is 9.90 Å². The highest BCUT2D eigenvalue weighted by Crippen LogP contribution is 2.22. The van der Waals surface area contributed by atoms with Crippen molar-refractivity contribution in [2.45, 2.75) is 26.8 Å². The lowest BCUT2D eigenvalue weighted by Gasteiger charge is -2.10. The van der Waals surface area contributed by atoms with Crippen LogP contribution in [0.3, 0.4) is 0 Å². The topological polar surface area (TPSA) is 58.6 Å². The van der Waals surface area contributed by atoms with Gasteiger partial charge in [-0.05, 0) is 41.7 Å². The highest BCUT2D eigenvalue weighted by atomic mass is 16.5. The van der Waals surface area contributed by atoms with Crippen molar-refractivity contribution in [3.63, 3.8) is 0 Å². The van der Waals surface area contributed by atoms with Crippen LogP contribution in [0, 0.1) is 5.92 Å². The Morgan fingerprint density at radius 2 is 1.78 bits per heavy atom. The quantitative estimate of drug-likeness (QED) is 0.625. The van der Waals surface area contributed by atoms with Crippen molar-refractivity contribution >= 4 is 11.7 Å². The molecular weight excluding hydrogens is 290 g/mol. The first-order valence-corrected chi connectivity index (χ1v) is 7.72. The maximum absolute atomic E-state index is 11.6. The van der Waals surface area contributed by atoms with Crippen LogP contribution in [0.25, 0.3) is 0 Å². The number of methoxy groups -OCH3 is 1. The van der Waals surface area contributed by atoms with Gasteiger partial charge < -0.3 is 15.2 Å². The maximum Gasteiger partial charge on any atom is 0.341 e. The molecule has 4 heteroatoms. The number of nitrogens with one attached hydrogen (secondary N) is 1. The number of phenols is 1. The van der Waals surface area contributed by atoms with Gasteiger partial charge in [-0.15, -0.1) is 0 Å². The average Bonchev–Trinajstić information content (AvgIpc) is 2.54. The number of esters is 1. The zero-order chi connectivity index (χ0) is 16.8. The number of aromatic hydroxyl groups is 1. The number of carbonyl (C=O) groups excluding carboxylic acids is 1. The number of ether oxygens (including phenoxy) is 1. The molecule has 4 nitrogen and oxygen atoms in total. The lowest BCUT2D eigenvalue weighted by Crippen LogP contribution is -2.04. The molecule has 0 heterocycles. The van der Waals surface area contributed by atoms with Crippen molar-refractivity contribution in [3.05, 3.63) is 59.2 Å². The second kappa shape index (κ2) is 7.68.